The van der Waals surface area contributed by atoms with Crippen LogP contribution in [-0.2, 0) is 16.0 Å². The number of hydrogen-bond donors (Lipinski definition) is 0. The molecule has 3 aromatic rings. The highest BCUT2D eigenvalue weighted by Gasteiger charge is 2.31. The number of rotatable bonds is 7. The summed E-state index contributed by atoms with van der Waals surface area (Å²) in [4.78, 5) is 41.0. The molecule has 1 saturated carbocycles. The van der Waals surface area contributed by atoms with Crippen molar-refractivity contribution in [3.8, 4) is 22.4 Å². The molecular weight excluding hydrogens is 580 g/mol. The van der Waals surface area contributed by atoms with Crippen LogP contribution in [0.3, 0.4) is 0 Å². The van der Waals surface area contributed by atoms with Gasteiger partial charge in [-0.2, -0.15) is 0 Å². The Hall–Kier alpha value is -3.16. The maximum absolute atomic E-state index is 15.5. The van der Waals surface area contributed by atoms with Crippen LogP contribution in [0.25, 0.3) is 22.4 Å². The van der Waals surface area contributed by atoms with E-state index in [1.165, 1.54) is 12.1 Å². The molecule has 1 aliphatic rings. The molecule has 224 valence electrons. The topological polar surface area (TPSA) is 74.6 Å². The van der Waals surface area contributed by atoms with E-state index in [1.807, 2.05) is 13.8 Å². The summed E-state index contributed by atoms with van der Waals surface area (Å²) in [6.07, 6.45) is 3.93. The second-order valence-electron chi connectivity index (χ2n) is 11.7. The average molecular weight is 617 g/mol. The third kappa shape index (κ3) is 6.57. The first-order valence-electron chi connectivity index (χ1n) is 14.2. The Balaban J connectivity index is 1.93. The highest BCUT2D eigenvalue weighted by atomic mass is 35.5. The van der Waals surface area contributed by atoms with Gasteiger partial charge in [-0.3, -0.25) is 4.79 Å². The molecule has 1 atom stereocenters. The van der Waals surface area contributed by atoms with Gasteiger partial charge in [-0.25, -0.2) is 14.0 Å². The van der Waals surface area contributed by atoms with Crippen molar-refractivity contribution >= 4 is 35.1 Å². The summed E-state index contributed by atoms with van der Waals surface area (Å²) in [6, 6.07) is 8.61. The molecule has 42 heavy (non-hydrogen) atoms. The van der Waals surface area contributed by atoms with Gasteiger partial charge >= 0.3 is 11.9 Å². The highest BCUT2D eigenvalue weighted by molar-refractivity contribution is 6.42. The minimum Gasteiger partial charge on any atom is -0.459 e. The normalized spacial score (nSPS) is 14.6. The van der Waals surface area contributed by atoms with Crippen LogP contribution in [0.4, 0.5) is 4.39 Å². The van der Waals surface area contributed by atoms with E-state index in [2.05, 4.69) is 0 Å². The Morgan fingerprint density at radius 1 is 1.05 bits per heavy atom. The van der Waals surface area contributed by atoms with Gasteiger partial charge in [0.1, 0.15) is 23.1 Å². The van der Waals surface area contributed by atoms with Crippen molar-refractivity contribution in [2.45, 2.75) is 85.5 Å². The second-order valence-corrected chi connectivity index (χ2v) is 12.6. The predicted octanol–water partition coefficient (Wildman–Crippen LogP) is 8.65. The molecule has 0 amide bonds. The molecule has 0 aliphatic heterocycles. The van der Waals surface area contributed by atoms with Crippen molar-refractivity contribution in [3.63, 3.8) is 0 Å². The summed E-state index contributed by atoms with van der Waals surface area (Å²) in [7, 11) is 0. The molecule has 2 aromatic carbocycles. The van der Waals surface area contributed by atoms with Crippen molar-refractivity contribution in [1.82, 2.24) is 4.57 Å². The van der Waals surface area contributed by atoms with Gasteiger partial charge in [-0.15, -0.1) is 0 Å². The molecule has 1 aliphatic carbocycles. The zero-order valence-electron chi connectivity index (χ0n) is 24.8. The number of ether oxygens (including phenoxy) is 2. The van der Waals surface area contributed by atoms with Gasteiger partial charge in [0.05, 0.1) is 26.9 Å². The van der Waals surface area contributed by atoms with Crippen LogP contribution in [0.2, 0.25) is 10.0 Å². The Kier molecular flexibility index (Phi) is 9.53. The number of nitrogens with zero attached hydrogens (tertiary/aromatic N) is 1. The van der Waals surface area contributed by atoms with E-state index in [9.17, 15) is 14.4 Å². The highest BCUT2D eigenvalue weighted by Crippen LogP contribution is 2.35. The van der Waals surface area contributed by atoms with E-state index in [-0.39, 0.29) is 45.0 Å². The number of aromatic nitrogens is 1. The van der Waals surface area contributed by atoms with Crippen LogP contribution in [0.1, 0.15) is 86.7 Å². The van der Waals surface area contributed by atoms with Crippen molar-refractivity contribution in [3.05, 3.63) is 79.3 Å². The molecule has 0 saturated heterocycles. The third-order valence-corrected chi connectivity index (χ3v) is 8.41. The molecule has 0 spiro atoms. The van der Waals surface area contributed by atoms with Crippen molar-refractivity contribution in [1.29, 1.82) is 0 Å². The molecule has 1 aromatic heterocycles. The Labute approximate surface area is 255 Å². The number of pyridine rings is 1. The van der Waals surface area contributed by atoms with Gasteiger partial charge in [0, 0.05) is 23.4 Å². The first-order chi connectivity index (χ1) is 19.7. The van der Waals surface area contributed by atoms with E-state index in [0.29, 0.717) is 22.8 Å². The quantitative estimate of drug-likeness (QED) is 0.249. The van der Waals surface area contributed by atoms with Gasteiger partial charge < -0.3 is 14.0 Å². The largest absolute Gasteiger partial charge is 0.459 e. The molecule has 0 N–H and O–H groups in total. The number of carbonyl (C=O) groups is 2. The monoisotopic (exact) mass is 615 g/mol. The number of halogens is 3. The lowest BCUT2D eigenvalue weighted by Gasteiger charge is -2.25. The summed E-state index contributed by atoms with van der Waals surface area (Å²) in [5.74, 6) is -1.88. The zero-order valence-corrected chi connectivity index (χ0v) is 26.3. The van der Waals surface area contributed by atoms with Crippen molar-refractivity contribution in [2.24, 2.45) is 5.92 Å². The molecule has 1 fully saturated rings. The van der Waals surface area contributed by atoms with E-state index < -0.39 is 28.8 Å². The van der Waals surface area contributed by atoms with E-state index in [1.54, 1.807) is 50.5 Å². The molecule has 1 heterocycles. The van der Waals surface area contributed by atoms with Crippen LogP contribution in [0.5, 0.6) is 0 Å². The van der Waals surface area contributed by atoms with Gasteiger partial charge in [-0.1, -0.05) is 42.1 Å². The van der Waals surface area contributed by atoms with E-state index in [4.69, 9.17) is 32.7 Å². The summed E-state index contributed by atoms with van der Waals surface area (Å²) < 4.78 is 28.6. The molecule has 4 rings (SSSR count). The number of esters is 2. The van der Waals surface area contributed by atoms with Crippen molar-refractivity contribution < 1.29 is 23.5 Å². The Bertz CT molecular complexity index is 1580. The van der Waals surface area contributed by atoms with Crippen molar-refractivity contribution in [2.75, 3.05) is 0 Å². The zero-order chi connectivity index (χ0) is 30.9. The fraction of sp³-hybridized carbons (Fsp3) is 0.424. The number of hydrogen-bond acceptors (Lipinski definition) is 5. The second kappa shape index (κ2) is 12.6. The van der Waals surface area contributed by atoms with Crippen LogP contribution in [0.15, 0.2) is 41.2 Å². The van der Waals surface area contributed by atoms with Gasteiger partial charge in [0.2, 0.25) is 5.43 Å². The van der Waals surface area contributed by atoms with Crippen LogP contribution in [0, 0.1) is 18.7 Å². The summed E-state index contributed by atoms with van der Waals surface area (Å²) in [6.45, 7) is 10.8. The minimum atomic E-state index is -0.911. The van der Waals surface area contributed by atoms with Crippen LogP contribution >= 0.6 is 23.2 Å². The SMILES string of the molecule is CCn1c(C)c(-c2cc(C(=O)OC(C)C3CCCC3)ccc2F)c(=O)c(C(=O)OC(C)(C)C)c1-c1ccc(Cl)c(Cl)c1. The lowest BCUT2D eigenvalue weighted by atomic mass is 9.94. The predicted molar refractivity (Wildman–Crippen MR) is 164 cm³/mol. The summed E-state index contributed by atoms with van der Waals surface area (Å²) >= 11 is 12.5. The third-order valence-electron chi connectivity index (χ3n) is 7.67. The molecule has 1 unspecified atom stereocenters. The number of carbonyl (C=O) groups excluding carboxylic acids is 2. The van der Waals surface area contributed by atoms with Gasteiger partial charge in [0.25, 0.3) is 0 Å². The minimum absolute atomic E-state index is 0.0440. The lowest BCUT2D eigenvalue weighted by Crippen LogP contribution is -2.31. The van der Waals surface area contributed by atoms with Crippen LogP contribution in [-0.4, -0.2) is 28.2 Å². The smallest absolute Gasteiger partial charge is 0.344 e. The number of benzene rings is 2. The molecular formula is C33H36Cl2FNO5. The van der Waals surface area contributed by atoms with E-state index >= 15 is 4.39 Å². The Morgan fingerprint density at radius 3 is 2.31 bits per heavy atom. The molecule has 9 heteroatoms. The molecule has 0 radical (unpaired) electrons. The molecule has 6 nitrogen and oxygen atoms in total. The standard InChI is InChI=1S/C33H36Cl2FNO5/c1-7-37-18(2)27(23-16-22(13-15-26(23)36)31(39)41-19(3)20-10-8-9-11-20)30(38)28(32(40)42-33(4,5)6)29(37)21-12-14-24(34)25(35)17-21/h12-17,19-20H,7-11H2,1-6H3. The Morgan fingerprint density at radius 2 is 1.71 bits per heavy atom. The maximum atomic E-state index is 15.5. The summed E-state index contributed by atoms with van der Waals surface area (Å²) in [5.41, 5.74) is -0.790. The maximum Gasteiger partial charge on any atom is 0.344 e. The van der Waals surface area contributed by atoms with Gasteiger partial charge in [0.15, 0.2) is 0 Å². The first kappa shape index (κ1) is 31.8. The lowest BCUT2D eigenvalue weighted by molar-refractivity contribution is 0.00673. The summed E-state index contributed by atoms with van der Waals surface area (Å²) in [5, 5.41) is 0.552. The molecule has 0 bridgehead atoms. The fourth-order valence-electron chi connectivity index (χ4n) is 5.61. The average Bonchev–Trinajstić information content (AvgIpc) is 3.45. The van der Waals surface area contributed by atoms with Crippen LogP contribution < -0.4 is 5.43 Å². The van der Waals surface area contributed by atoms with Gasteiger partial charge in [-0.05, 0) is 90.6 Å². The van der Waals surface area contributed by atoms with E-state index in [0.717, 1.165) is 31.7 Å². The first-order valence-corrected chi connectivity index (χ1v) is 15.0. The fourth-order valence-corrected chi connectivity index (χ4v) is 5.91.